The van der Waals surface area contributed by atoms with Crippen molar-refractivity contribution in [1.82, 2.24) is 19.9 Å². The van der Waals surface area contributed by atoms with E-state index < -0.39 is 0 Å². The zero-order valence-electron chi connectivity index (χ0n) is 32.4. The number of unbranched alkanes of at least 4 members (excludes halogenated alkanes) is 5. The molecule has 0 spiro atoms. The van der Waals surface area contributed by atoms with Crippen LogP contribution in [0.4, 0.5) is 0 Å². The van der Waals surface area contributed by atoms with Crippen molar-refractivity contribution in [2.75, 3.05) is 11.9 Å². The second-order valence-electron chi connectivity index (χ2n) is 14.8. The SMILES string of the molecule is BrCCCCCCCCOc1ccc(-c2c3nc(c(-c4ccccc4)c4ccc([nH]4)c(-c4ccccc4)c4nc(c(-c5ccccc5)c5ccc2[nH]5)C=C4)C=C3)cc1. The number of alkyl halides is 1. The molecule has 8 bridgehead atoms. The molecule has 0 aliphatic carbocycles. The van der Waals surface area contributed by atoms with E-state index in [0.717, 1.165) is 113 Å². The van der Waals surface area contributed by atoms with Crippen LogP contribution in [0.2, 0.25) is 0 Å². The highest BCUT2D eigenvalue weighted by molar-refractivity contribution is 9.09. The Morgan fingerprint density at radius 2 is 0.724 bits per heavy atom. The van der Waals surface area contributed by atoms with Gasteiger partial charge in [0, 0.05) is 49.7 Å². The number of ether oxygens (including phenoxy) is 1. The number of hydrogen-bond donors (Lipinski definition) is 2. The van der Waals surface area contributed by atoms with Crippen molar-refractivity contribution in [3.05, 3.63) is 162 Å². The van der Waals surface area contributed by atoms with Crippen LogP contribution in [0, 0.1) is 0 Å². The van der Waals surface area contributed by atoms with E-state index in [2.05, 4.69) is 190 Å². The molecule has 5 heterocycles. The zero-order valence-corrected chi connectivity index (χ0v) is 34.0. The van der Waals surface area contributed by atoms with Gasteiger partial charge in [-0.15, -0.1) is 0 Å². The molecule has 0 saturated heterocycles. The molecule has 286 valence electrons. The topological polar surface area (TPSA) is 66.6 Å². The third-order valence-corrected chi connectivity index (χ3v) is 11.4. The van der Waals surface area contributed by atoms with Crippen LogP contribution in [0.1, 0.15) is 61.3 Å². The Labute approximate surface area is 348 Å². The second-order valence-corrected chi connectivity index (χ2v) is 15.6. The van der Waals surface area contributed by atoms with Gasteiger partial charge in [-0.1, -0.05) is 145 Å². The molecule has 9 rings (SSSR count). The molecule has 5 nitrogen and oxygen atoms in total. The summed E-state index contributed by atoms with van der Waals surface area (Å²) in [7, 11) is 0. The first-order chi connectivity index (χ1) is 28.7. The van der Waals surface area contributed by atoms with Crippen LogP contribution in [0.15, 0.2) is 140 Å². The Morgan fingerprint density at radius 1 is 0.379 bits per heavy atom. The van der Waals surface area contributed by atoms with Gasteiger partial charge in [-0.2, -0.15) is 0 Å². The fourth-order valence-electron chi connectivity index (χ4n) is 8.05. The normalized spacial score (nSPS) is 11.9. The van der Waals surface area contributed by atoms with Gasteiger partial charge >= 0.3 is 0 Å². The van der Waals surface area contributed by atoms with Crippen molar-refractivity contribution in [2.24, 2.45) is 0 Å². The number of H-pyrrole nitrogens is 2. The maximum atomic E-state index is 6.22. The molecule has 7 aromatic rings. The number of aromatic nitrogens is 4. The van der Waals surface area contributed by atoms with E-state index in [0.29, 0.717) is 0 Å². The minimum Gasteiger partial charge on any atom is -0.494 e. The predicted octanol–water partition coefficient (Wildman–Crippen LogP) is 14.4. The lowest BCUT2D eigenvalue weighted by Crippen LogP contribution is -1.97. The first-order valence-electron chi connectivity index (χ1n) is 20.4. The van der Waals surface area contributed by atoms with Crippen molar-refractivity contribution in [3.63, 3.8) is 0 Å². The number of benzene rings is 4. The third kappa shape index (κ3) is 7.98. The van der Waals surface area contributed by atoms with Crippen molar-refractivity contribution in [1.29, 1.82) is 0 Å². The van der Waals surface area contributed by atoms with Crippen LogP contribution in [-0.4, -0.2) is 31.9 Å². The monoisotopic (exact) mass is 820 g/mol. The number of halogens is 1. The lowest BCUT2D eigenvalue weighted by Gasteiger charge is -2.09. The smallest absolute Gasteiger partial charge is 0.119 e. The van der Waals surface area contributed by atoms with Gasteiger partial charge < -0.3 is 14.7 Å². The zero-order chi connectivity index (χ0) is 39.1. The third-order valence-electron chi connectivity index (χ3n) is 10.9. The molecule has 2 aliphatic rings. The van der Waals surface area contributed by atoms with Gasteiger partial charge in [0.1, 0.15) is 5.75 Å². The van der Waals surface area contributed by atoms with E-state index in [9.17, 15) is 0 Å². The molecule has 6 heteroatoms. The van der Waals surface area contributed by atoms with E-state index in [1.807, 2.05) is 0 Å². The number of nitrogens with one attached hydrogen (secondary N) is 2. The summed E-state index contributed by atoms with van der Waals surface area (Å²) in [5, 5.41) is 1.09. The molecule has 0 fully saturated rings. The number of nitrogens with zero attached hydrogens (tertiary/aromatic N) is 2. The van der Waals surface area contributed by atoms with E-state index >= 15 is 0 Å². The first-order valence-corrected chi connectivity index (χ1v) is 21.5. The Bertz CT molecular complexity index is 2710. The highest BCUT2D eigenvalue weighted by atomic mass is 79.9. The highest BCUT2D eigenvalue weighted by Gasteiger charge is 2.19. The summed E-state index contributed by atoms with van der Waals surface area (Å²) in [4.78, 5) is 18.5. The van der Waals surface area contributed by atoms with Crippen molar-refractivity contribution in [3.8, 4) is 50.3 Å². The number of fused-ring (bicyclic) bond motifs is 8. The minimum atomic E-state index is 0.723. The highest BCUT2D eigenvalue weighted by Crippen LogP contribution is 2.38. The Hall–Kier alpha value is -6.24. The van der Waals surface area contributed by atoms with Crippen LogP contribution in [0.3, 0.4) is 0 Å². The minimum absolute atomic E-state index is 0.723. The molecule has 2 N–H and O–H groups in total. The number of rotatable bonds is 13. The predicted molar refractivity (Wildman–Crippen MR) is 248 cm³/mol. The van der Waals surface area contributed by atoms with E-state index in [-0.39, 0.29) is 0 Å². The molecular weight excluding hydrogens is 777 g/mol. The number of aromatic amines is 2. The molecule has 2 aliphatic heterocycles. The second kappa shape index (κ2) is 17.5. The maximum absolute atomic E-state index is 6.22. The molecule has 4 aromatic carbocycles. The van der Waals surface area contributed by atoms with Gasteiger partial charge in [-0.05, 0) is 95.8 Å². The maximum Gasteiger partial charge on any atom is 0.119 e. The average molecular weight is 822 g/mol. The molecule has 3 aromatic heterocycles. The summed E-state index contributed by atoms with van der Waals surface area (Å²) in [6.07, 6.45) is 15.9. The largest absolute Gasteiger partial charge is 0.494 e. The van der Waals surface area contributed by atoms with Gasteiger partial charge in [-0.25, -0.2) is 9.97 Å². The van der Waals surface area contributed by atoms with Gasteiger partial charge in [0.15, 0.2) is 0 Å². The van der Waals surface area contributed by atoms with Gasteiger partial charge in [0.2, 0.25) is 0 Å². The van der Waals surface area contributed by atoms with Gasteiger partial charge in [0.25, 0.3) is 0 Å². The van der Waals surface area contributed by atoms with Crippen LogP contribution >= 0.6 is 15.9 Å². The molecule has 0 saturated carbocycles. The van der Waals surface area contributed by atoms with Gasteiger partial charge in [-0.3, -0.25) is 0 Å². The molecule has 0 amide bonds. The van der Waals surface area contributed by atoms with Crippen LogP contribution in [-0.2, 0) is 0 Å². The molecule has 0 atom stereocenters. The van der Waals surface area contributed by atoms with E-state index in [4.69, 9.17) is 14.7 Å². The van der Waals surface area contributed by atoms with Crippen molar-refractivity contribution in [2.45, 2.75) is 38.5 Å². The average Bonchev–Trinajstić information content (AvgIpc) is 4.12. The summed E-state index contributed by atoms with van der Waals surface area (Å²) in [6, 6.07) is 48.8. The fourth-order valence-corrected chi connectivity index (χ4v) is 8.44. The van der Waals surface area contributed by atoms with E-state index in [1.165, 1.54) is 32.1 Å². The Balaban J connectivity index is 1.25. The molecular formula is C52H45BrN4O. The molecule has 58 heavy (non-hydrogen) atoms. The van der Waals surface area contributed by atoms with Crippen LogP contribution < -0.4 is 4.74 Å². The summed E-state index contributed by atoms with van der Waals surface area (Å²) < 4.78 is 6.22. The lowest BCUT2D eigenvalue weighted by atomic mass is 10.0. The van der Waals surface area contributed by atoms with Gasteiger partial charge in [0.05, 0.1) is 29.4 Å². The Kier molecular flexibility index (Phi) is 11.3. The van der Waals surface area contributed by atoms with Crippen molar-refractivity contribution < 1.29 is 4.74 Å². The molecule has 0 unspecified atom stereocenters. The quantitative estimate of drug-likeness (QED) is 0.0899. The standard InChI is InChI=1S/C52H45BrN4O/c53-34-14-3-1-2-4-15-35-58-40-24-22-39(23-25-40)52-47-32-30-45(56-47)50(37-18-10-6-11-19-37)43-28-26-41(54-43)49(36-16-8-5-9-17-36)42-27-29-44(55-42)51(38-20-12-7-13-21-38)46-31-33-48(52)57-46/h5-13,16-33,54,57H,1-4,14-15,34-35H2. The Morgan fingerprint density at radius 3 is 1.10 bits per heavy atom. The number of hydrogen-bond acceptors (Lipinski definition) is 3. The van der Waals surface area contributed by atoms with E-state index in [1.54, 1.807) is 0 Å². The summed E-state index contributed by atoms with van der Waals surface area (Å²) in [6.45, 7) is 0.723. The summed E-state index contributed by atoms with van der Waals surface area (Å²) in [5.41, 5.74) is 15.9. The fraction of sp³-hybridized carbons (Fsp3) is 0.154. The summed E-state index contributed by atoms with van der Waals surface area (Å²) >= 11 is 3.53. The lowest BCUT2D eigenvalue weighted by molar-refractivity contribution is 0.304. The summed E-state index contributed by atoms with van der Waals surface area (Å²) in [5.74, 6) is 0.881. The first kappa shape index (κ1) is 37.3. The van der Waals surface area contributed by atoms with Crippen LogP contribution in [0.5, 0.6) is 5.75 Å². The molecule has 0 radical (unpaired) electrons. The van der Waals surface area contributed by atoms with Crippen molar-refractivity contribution >= 4 is 62.3 Å². The van der Waals surface area contributed by atoms with Crippen LogP contribution in [0.25, 0.3) is 90.9 Å².